The Kier molecular flexibility index (Phi) is 3.92. The summed E-state index contributed by atoms with van der Waals surface area (Å²) in [7, 11) is 0. The van der Waals surface area contributed by atoms with Crippen molar-refractivity contribution in [1.29, 1.82) is 0 Å². The van der Waals surface area contributed by atoms with Crippen LogP contribution in [0.4, 0.5) is 0 Å². The van der Waals surface area contributed by atoms with Gasteiger partial charge in [0.05, 0.1) is 10.6 Å². The minimum Gasteiger partial charge on any atom is -0.368 e. The molecule has 1 saturated heterocycles. The number of hydrogen-bond donors (Lipinski definition) is 1. The highest BCUT2D eigenvalue weighted by Gasteiger charge is 2.33. The summed E-state index contributed by atoms with van der Waals surface area (Å²) in [6.07, 6.45) is 1.40. The Hall–Kier alpha value is -1.07. The Morgan fingerprint density at radius 3 is 2.83 bits per heavy atom. The van der Waals surface area contributed by atoms with Crippen molar-refractivity contribution < 1.29 is 9.59 Å². The summed E-state index contributed by atoms with van der Waals surface area (Å²) in [5.74, 6) is -0.713. The van der Waals surface area contributed by atoms with Gasteiger partial charge in [0, 0.05) is 11.0 Å². The number of rotatable bonds is 2. The van der Waals surface area contributed by atoms with Crippen molar-refractivity contribution in [3.05, 3.63) is 33.3 Å². The SMILES string of the molecule is NC(=O)[C@@H]1CCCN1C(=O)c1cc(Br)ccc1Cl. The van der Waals surface area contributed by atoms with Crippen molar-refractivity contribution in [1.82, 2.24) is 4.90 Å². The Morgan fingerprint density at radius 2 is 2.17 bits per heavy atom. The van der Waals surface area contributed by atoms with Gasteiger partial charge >= 0.3 is 0 Å². The molecule has 6 heteroatoms. The zero-order chi connectivity index (χ0) is 13.3. The van der Waals surface area contributed by atoms with Gasteiger partial charge in [-0.05, 0) is 31.0 Å². The lowest BCUT2D eigenvalue weighted by atomic mass is 10.1. The van der Waals surface area contributed by atoms with Gasteiger partial charge < -0.3 is 10.6 Å². The number of amides is 2. The average Bonchev–Trinajstić information content (AvgIpc) is 2.80. The molecule has 0 saturated carbocycles. The lowest BCUT2D eigenvalue weighted by Crippen LogP contribution is -2.43. The van der Waals surface area contributed by atoms with E-state index in [0.717, 1.165) is 10.9 Å². The molecule has 1 aromatic rings. The van der Waals surface area contributed by atoms with Gasteiger partial charge in [0.25, 0.3) is 5.91 Å². The number of benzene rings is 1. The van der Waals surface area contributed by atoms with Crippen LogP contribution >= 0.6 is 27.5 Å². The molecular weight excluding hydrogens is 320 g/mol. The largest absolute Gasteiger partial charge is 0.368 e. The Bertz CT molecular complexity index is 507. The molecule has 0 radical (unpaired) electrons. The first-order valence-electron chi connectivity index (χ1n) is 5.56. The molecule has 1 aromatic carbocycles. The third kappa shape index (κ3) is 2.52. The number of hydrogen-bond acceptors (Lipinski definition) is 2. The van der Waals surface area contributed by atoms with Crippen molar-refractivity contribution in [2.75, 3.05) is 6.54 Å². The monoisotopic (exact) mass is 330 g/mol. The summed E-state index contributed by atoms with van der Waals surface area (Å²) >= 11 is 9.31. The third-order valence-corrected chi connectivity index (χ3v) is 3.82. The molecule has 18 heavy (non-hydrogen) atoms. The Balaban J connectivity index is 2.31. The normalized spacial score (nSPS) is 19.0. The van der Waals surface area contributed by atoms with Crippen molar-refractivity contribution >= 4 is 39.3 Å². The number of carbonyl (C=O) groups is 2. The number of halogens is 2. The second-order valence-electron chi connectivity index (χ2n) is 4.18. The first-order chi connectivity index (χ1) is 8.50. The van der Waals surface area contributed by atoms with Crippen LogP contribution in [0.3, 0.4) is 0 Å². The summed E-state index contributed by atoms with van der Waals surface area (Å²) < 4.78 is 0.769. The van der Waals surface area contributed by atoms with Gasteiger partial charge in [-0.1, -0.05) is 27.5 Å². The van der Waals surface area contributed by atoms with E-state index in [4.69, 9.17) is 17.3 Å². The molecule has 4 nitrogen and oxygen atoms in total. The standard InChI is InChI=1S/C12H12BrClN2O2/c13-7-3-4-9(14)8(6-7)12(18)16-5-1-2-10(16)11(15)17/h3-4,6,10H,1-2,5H2,(H2,15,17)/t10-/m0/s1. The lowest BCUT2D eigenvalue weighted by Gasteiger charge is -2.22. The second-order valence-corrected chi connectivity index (χ2v) is 5.51. The van der Waals surface area contributed by atoms with Gasteiger partial charge in [-0.25, -0.2) is 0 Å². The highest BCUT2D eigenvalue weighted by atomic mass is 79.9. The van der Waals surface area contributed by atoms with Crippen LogP contribution in [0.1, 0.15) is 23.2 Å². The van der Waals surface area contributed by atoms with Crippen molar-refractivity contribution in [3.63, 3.8) is 0 Å². The van der Waals surface area contributed by atoms with E-state index in [2.05, 4.69) is 15.9 Å². The predicted molar refractivity (Wildman–Crippen MR) is 72.4 cm³/mol. The van der Waals surface area contributed by atoms with Gasteiger partial charge in [0.2, 0.25) is 5.91 Å². The maximum Gasteiger partial charge on any atom is 0.256 e. The van der Waals surface area contributed by atoms with Crippen molar-refractivity contribution in [2.45, 2.75) is 18.9 Å². The molecule has 0 unspecified atom stereocenters. The van der Waals surface area contributed by atoms with Crippen LogP contribution in [0, 0.1) is 0 Å². The van der Waals surface area contributed by atoms with Gasteiger partial charge in [-0.2, -0.15) is 0 Å². The Morgan fingerprint density at radius 1 is 1.44 bits per heavy atom. The smallest absolute Gasteiger partial charge is 0.256 e. The highest BCUT2D eigenvalue weighted by Crippen LogP contribution is 2.26. The highest BCUT2D eigenvalue weighted by molar-refractivity contribution is 9.10. The van der Waals surface area contributed by atoms with Crippen LogP contribution in [0.25, 0.3) is 0 Å². The van der Waals surface area contributed by atoms with Gasteiger partial charge in [0.15, 0.2) is 0 Å². The number of primary amides is 1. The van der Waals surface area contributed by atoms with Crippen LogP contribution < -0.4 is 5.73 Å². The van der Waals surface area contributed by atoms with Crippen LogP contribution in [0.15, 0.2) is 22.7 Å². The minimum atomic E-state index is -0.521. The fraction of sp³-hybridized carbons (Fsp3) is 0.333. The molecule has 1 aliphatic heterocycles. The van der Waals surface area contributed by atoms with E-state index in [-0.39, 0.29) is 5.91 Å². The number of nitrogens with two attached hydrogens (primary N) is 1. The van der Waals surface area contributed by atoms with Crippen molar-refractivity contribution in [3.8, 4) is 0 Å². The van der Waals surface area contributed by atoms with E-state index >= 15 is 0 Å². The molecule has 96 valence electrons. The van der Waals surface area contributed by atoms with Gasteiger partial charge in [-0.15, -0.1) is 0 Å². The zero-order valence-electron chi connectivity index (χ0n) is 9.53. The third-order valence-electron chi connectivity index (χ3n) is 3.00. The average molecular weight is 332 g/mol. The van der Waals surface area contributed by atoms with E-state index in [1.54, 1.807) is 18.2 Å². The molecule has 0 aliphatic carbocycles. The van der Waals surface area contributed by atoms with E-state index in [0.29, 0.717) is 23.6 Å². The lowest BCUT2D eigenvalue weighted by molar-refractivity contribution is -0.121. The molecule has 0 bridgehead atoms. The maximum atomic E-state index is 12.3. The minimum absolute atomic E-state index is 0.248. The summed E-state index contributed by atoms with van der Waals surface area (Å²) in [6.45, 7) is 0.537. The molecule has 1 atom stereocenters. The fourth-order valence-electron chi connectivity index (χ4n) is 2.12. The molecule has 1 aliphatic rings. The first-order valence-corrected chi connectivity index (χ1v) is 6.73. The zero-order valence-corrected chi connectivity index (χ0v) is 11.9. The molecule has 2 rings (SSSR count). The molecule has 1 fully saturated rings. The van der Waals surface area contributed by atoms with E-state index in [1.165, 1.54) is 4.90 Å². The molecule has 2 amide bonds. The van der Waals surface area contributed by atoms with E-state index in [9.17, 15) is 9.59 Å². The number of nitrogens with zero attached hydrogens (tertiary/aromatic N) is 1. The summed E-state index contributed by atoms with van der Waals surface area (Å²) in [4.78, 5) is 25.1. The molecular formula is C12H12BrClN2O2. The molecule has 1 heterocycles. The maximum absolute atomic E-state index is 12.3. The summed E-state index contributed by atoms with van der Waals surface area (Å²) in [6, 6.07) is 4.54. The molecule has 0 aromatic heterocycles. The second kappa shape index (κ2) is 5.28. The topological polar surface area (TPSA) is 63.4 Å². The number of carbonyl (C=O) groups excluding carboxylic acids is 2. The summed E-state index contributed by atoms with van der Waals surface area (Å²) in [5, 5.41) is 0.373. The van der Waals surface area contributed by atoms with Crippen LogP contribution in [-0.2, 0) is 4.79 Å². The quantitative estimate of drug-likeness (QED) is 0.903. The Labute approximate surface area is 118 Å². The predicted octanol–water partition coefficient (Wildman–Crippen LogP) is 2.19. The van der Waals surface area contributed by atoms with Gasteiger partial charge in [0.1, 0.15) is 6.04 Å². The molecule has 2 N–H and O–H groups in total. The van der Waals surface area contributed by atoms with Crippen LogP contribution in [-0.4, -0.2) is 29.3 Å². The van der Waals surface area contributed by atoms with Crippen LogP contribution in [0.2, 0.25) is 5.02 Å². The first kappa shape index (κ1) is 13.4. The van der Waals surface area contributed by atoms with E-state index < -0.39 is 11.9 Å². The molecule has 0 spiro atoms. The van der Waals surface area contributed by atoms with Crippen LogP contribution in [0.5, 0.6) is 0 Å². The fourth-order valence-corrected chi connectivity index (χ4v) is 2.68. The van der Waals surface area contributed by atoms with Gasteiger partial charge in [-0.3, -0.25) is 9.59 Å². The van der Waals surface area contributed by atoms with Crippen molar-refractivity contribution in [2.24, 2.45) is 5.73 Å². The van der Waals surface area contributed by atoms with E-state index in [1.807, 2.05) is 0 Å². The summed E-state index contributed by atoms with van der Waals surface area (Å²) in [5.41, 5.74) is 5.69. The number of likely N-dealkylation sites (tertiary alicyclic amines) is 1.